The zero-order valence-electron chi connectivity index (χ0n) is 21.0. The van der Waals surface area contributed by atoms with Gasteiger partial charge in [0.15, 0.2) is 5.58 Å². The fourth-order valence-corrected chi connectivity index (χ4v) is 5.04. The van der Waals surface area contributed by atoms with Crippen LogP contribution in [0.15, 0.2) is 65.2 Å². The molecule has 0 atom stereocenters. The molecule has 39 heavy (non-hydrogen) atoms. The van der Waals surface area contributed by atoms with Crippen LogP contribution in [0.4, 0.5) is 8.78 Å². The molecule has 2 aliphatic heterocycles. The first-order chi connectivity index (χ1) is 18.9. The van der Waals surface area contributed by atoms with E-state index in [1.165, 1.54) is 4.90 Å². The lowest BCUT2D eigenvalue weighted by molar-refractivity contribution is 0.0120. The molecule has 0 N–H and O–H groups in total. The largest absolute Gasteiger partial charge is 0.489 e. The zero-order valence-corrected chi connectivity index (χ0v) is 21.0. The minimum atomic E-state index is -2.83. The number of pyridine rings is 1. The smallest absolute Gasteiger partial charge is 0.267 e. The Labute approximate surface area is 223 Å². The molecule has 0 unspecified atom stereocenters. The number of aromatic nitrogens is 1. The molecule has 0 radical (unpaired) electrons. The second-order valence-electron chi connectivity index (χ2n) is 9.85. The van der Waals surface area contributed by atoms with Crippen molar-refractivity contribution in [3.05, 3.63) is 71.9 Å². The Morgan fingerprint density at radius 2 is 1.85 bits per heavy atom. The molecule has 0 saturated carbocycles. The molecule has 0 bridgehead atoms. The number of nitrogens with zero attached hydrogens (tertiary/aromatic N) is 3. The van der Waals surface area contributed by atoms with Crippen LogP contribution in [0.3, 0.4) is 0 Å². The molecular formula is C30H25F2N3O4. The number of nitriles is 1. The Hall–Kier alpha value is -4.29. The predicted molar refractivity (Wildman–Crippen MR) is 140 cm³/mol. The summed E-state index contributed by atoms with van der Waals surface area (Å²) in [5, 5.41) is 9.79. The maximum Gasteiger partial charge on any atom is 0.267 e. The number of furan rings is 1. The van der Waals surface area contributed by atoms with Gasteiger partial charge in [0.25, 0.3) is 11.8 Å². The number of ether oxygens (including phenoxy) is 2. The van der Waals surface area contributed by atoms with Crippen LogP contribution in [0.5, 0.6) is 5.75 Å². The molecule has 2 aliphatic rings. The summed E-state index contributed by atoms with van der Waals surface area (Å²) in [7, 11) is 0. The maximum absolute atomic E-state index is 13.5. The van der Waals surface area contributed by atoms with Gasteiger partial charge in [-0.1, -0.05) is 18.2 Å². The molecule has 0 aliphatic carbocycles. The van der Waals surface area contributed by atoms with Gasteiger partial charge < -0.3 is 18.8 Å². The van der Waals surface area contributed by atoms with Crippen LogP contribution in [0.2, 0.25) is 0 Å². The summed E-state index contributed by atoms with van der Waals surface area (Å²) in [6.45, 7) is 0.789. The highest BCUT2D eigenvalue weighted by atomic mass is 19.3. The number of rotatable bonds is 5. The van der Waals surface area contributed by atoms with Crippen LogP contribution in [0.1, 0.15) is 35.2 Å². The van der Waals surface area contributed by atoms with E-state index in [2.05, 4.69) is 11.1 Å². The molecule has 1 amide bonds. The highest BCUT2D eigenvalue weighted by Crippen LogP contribution is 2.36. The van der Waals surface area contributed by atoms with Gasteiger partial charge in [0, 0.05) is 54.8 Å². The molecule has 7 nitrogen and oxygen atoms in total. The molecule has 2 fully saturated rings. The van der Waals surface area contributed by atoms with Gasteiger partial charge in [0.2, 0.25) is 0 Å². The first kappa shape index (κ1) is 25.0. The first-order valence-corrected chi connectivity index (χ1v) is 12.9. The van der Waals surface area contributed by atoms with E-state index in [0.717, 1.165) is 29.5 Å². The van der Waals surface area contributed by atoms with Crippen molar-refractivity contribution < 1.29 is 27.5 Å². The fraction of sp³-hybridized carbons (Fsp3) is 0.300. The van der Waals surface area contributed by atoms with E-state index in [1.807, 2.05) is 24.3 Å². The van der Waals surface area contributed by atoms with Crippen LogP contribution < -0.4 is 4.74 Å². The van der Waals surface area contributed by atoms with Gasteiger partial charge in [-0.25, -0.2) is 8.78 Å². The third-order valence-electron chi connectivity index (χ3n) is 7.16. The number of carbonyl (C=O) groups excluding carboxylic acids is 1. The van der Waals surface area contributed by atoms with Crippen LogP contribution in [0.25, 0.3) is 33.6 Å². The standard InChI is InChI=1S/C30H25F2N3O4/c31-30(32)10-12-35(18-30)29(36)20-3-1-19(2-4-20)27-16-25-28(39-27)24(7-11-34-25)21-5-6-26(22(15-21)17-33)38-23-8-13-37-14-9-23/h1-7,11,15-16,23H,8-10,12-14,18H2. The SMILES string of the molecule is N#Cc1cc(-c2ccnc3cc(-c4ccc(C(=O)N5CCC(F)(F)C5)cc4)oc23)ccc1OC1CCOCC1. The van der Waals surface area contributed by atoms with Crippen molar-refractivity contribution in [1.82, 2.24) is 9.88 Å². The van der Waals surface area contributed by atoms with Crippen LogP contribution >= 0.6 is 0 Å². The van der Waals surface area contributed by atoms with Gasteiger partial charge in [-0.2, -0.15) is 5.26 Å². The summed E-state index contributed by atoms with van der Waals surface area (Å²) >= 11 is 0. The first-order valence-electron chi connectivity index (χ1n) is 12.9. The minimum absolute atomic E-state index is 0.0231. The fourth-order valence-electron chi connectivity index (χ4n) is 5.04. The minimum Gasteiger partial charge on any atom is -0.489 e. The van der Waals surface area contributed by atoms with Gasteiger partial charge >= 0.3 is 0 Å². The molecule has 9 heteroatoms. The average molecular weight is 530 g/mol. The number of hydrogen-bond donors (Lipinski definition) is 0. The Bertz CT molecular complexity index is 1570. The maximum atomic E-state index is 13.5. The third kappa shape index (κ3) is 5.08. The van der Waals surface area contributed by atoms with Crippen molar-refractivity contribution in [3.63, 3.8) is 0 Å². The Balaban J connectivity index is 1.26. The highest BCUT2D eigenvalue weighted by Gasteiger charge is 2.40. The second-order valence-corrected chi connectivity index (χ2v) is 9.85. The number of alkyl halides is 2. The van der Waals surface area contributed by atoms with Gasteiger partial charge in [-0.3, -0.25) is 9.78 Å². The van der Waals surface area contributed by atoms with E-state index in [9.17, 15) is 18.8 Å². The summed E-state index contributed by atoms with van der Waals surface area (Å²) in [6, 6.07) is 18.1. The van der Waals surface area contributed by atoms with Crippen molar-refractivity contribution in [1.29, 1.82) is 5.26 Å². The number of halogens is 2. The molecule has 2 aromatic carbocycles. The van der Waals surface area contributed by atoms with Crippen molar-refractivity contribution in [2.45, 2.75) is 31.3 Å². The van der Waals surface area contributed by atoms with E-state index in [0.29, 0.717) is 47.0 Å². The van der Waals surface area contributed by atoms with E-state index in [-0.39, 0.29) is 19.1 Å². The van der Waals surface area contributed by atoms with Crippen LogP contribution in [-0.4, -0.2) is 54.1 Å². The molecule has 2 saturated heterocycles. The van der Waals surface area contributed by atoms with Gasteiger partial charge in [-0.15, -0.1) is 0 Å². The summed E-state index contributed by atoms with van der Waals surface area (Å²) in [5.74, 6) is -2.15. The number of likely N-dealkylation sites (tertiary alicyclic amines) is 1. The van der Waals surface area contributed by atoms with E-state index >= 15 is 0 Å². The lowest BCUT2D eigenvalue weighted by atomic mass is 10.0. The molecule has 4 heterocycles. The summed E-state index contributed by atoms with van der Waals surface area (Å²) in [4.78, 5) is 18.3. The Morgan fingerprint density at radius 3 is 2.56 bits per heavy atom. The lowest BCUT2D eigenvalue weighted by Gasteiger charge is -2.23. The number of hydrogen-bond acceptors (Lipinski definition) is 6. The predicted octanol–water partition coefficient (Wildman–Crippen LogP) is 6.07. The zero-order chi connectivity index (χ0) is 27.0. The summed E-state index contributed by atoms with van der Waals surface area (Å²) in [5.41, 5.74) is 4.28. The topological polar surface area (TPSA) is 88.6 Å². The summed E-state index contributed by atoms with van der Waals surface area (Å²) < 4.78 is 44.7. The Morgan fingerprint density at radius 1 is 1.08 bits per heavy atom. The molecule has 4 aromatic rings. The molecule has 6 rings (SSSR count). The van der Waals surface area contributed by atoms with Crippen molar-refractivity contribution in [2.24, 2.45) is 0 Å². The van der Waals surface area contributed by atoms with Gasteiger partial charge in [0.1, 0.15) is 29.2 Å². The summed E-state index contributed by atoms with van der Waals surface area (Å²) in [6.07, 6.45) is 2.97. The van der Waals surface area contributed by atoms with Crippen molar-refractivity contribution >= 4 is 17.0 Å². The molecule has 198 valence electrons. The molecule has 2 aromatic heterocycles. The number of benzene rings is 2. The van der Waals surface area contributed by atoms with E-state index < -0.39 is 18.4 Å². The Kier molecular flexibility index (Phi) is 6.49. The normalized spacial score (nSPS) is 17.3. The quantitative estimate of drug-likeness (QED) is 0.312. The van der Waals surface area contributed by atoms with Crippen molar-refractivity contribution in [3.8, 4) is 34.3 Å². The molecule has 0 spiro atoms. The van der Waals surface area contributed by atoms with Crippen LogP contribution in [0, 0.1) is 11.3 Å². The second kappa shape index (κ2) is 10.1. The third-order valence-corrected chi connectivity index (χ3v) is 7.16. The lowest BCUT2D eigenvalue weighted by Crippen LogP contribution is -2.31. The average Bonchev–Trinajstić information content (AvgIpc) is 3.56. The number of amides is 1. The number of fused-ring (bicyclic) bond motifs is 1. The highest BCUT2D eigenvalue weighted by molar-refractivity contribution is 5.95. The van der Waals surface area contributed by atoms with Gasteiger partial charge in [-0.05, 0) is 35.9 Å². The van der Waals surface area contributed by atoms with Gasteiger partial charge in [0.05, 0.1) is 25.3 Å². The number of carbonyl (C=O) groups is 1. The molecular weight excluding hydrogens is 504 g/mol. The van der Waals surface area contributed by atoms with E-state index in [4.69, 9.17) is 13.9 Å². The van der Waals surface area contributed by atoms with Crippen molar-refractivity contribution in [2.75, 3.05) is 26.3 Å². The van der Waals surface area contributed by atoms with Crippen LogP contribution in [-0.2, 0) is 4.74 Å². The monoisotopic (exact) mass is 529 g/mol. The van der Waals surface area contributed by atoms with E-state index in [1.54, 1.807) is 36.5 Å².